The molecule has 1 aliphatic rings. The summed E-state index contributed by atoms with van der Waals surface area (Å²) < 4.78 is 5.05. The van der Waals surface area contributed by atoms with E-state index in [1.54, 1.807) is 11.3 Å². The van der Waals surface area contributed by atoms with Gasteiger partial charge in [0.05, 0.1) is 0 Å². The molecule has 1 aliphatic carbocycles. The topological polar surface area (TPSA) is 38.7 Å². The molecular formula is C55H31N3S2. The number of hydrogen-bond acceptors (Lipinski definition) is 5. The van der Waals surface area contributed by atoms with Gasteiger partial charge in [-0.05, 0) is 91.7 Å². The standard InChI is InChI=1S/C55H31N3S2/c1-2-11-32(12-3-1)53-56-54(58-55(57-53)36-23-25-42-41-17-6-7-21-47(41)60-50(42)31-36)35-14-8-13-33(29-35)38-18-10-22-49-52(38)46-30-34(24-28-48(46)59-49)37-26-27-45-40-16-5-4-15-39(40)44-20-9-19-43(37)51(44)45/h1-31H. The van der Waals surface area contributed by atoms with Crippen LogP contribution in [0.1, 0.15) is 0 Å². The van der Waals surface area contributed by atoms with E-state index < -0.39 is 0 Å². The second-order valence-corrected chi connectivity index (χ2v) is 17.7. The molecule has 5 heteroatoms. The van der Waals surface area contributed by atoms with Crippen molar-refractivity contribution in [1.82, 2.24) is 15.0 Å². The lowest BCUT2D eigenvalue weighted by atomic mass is 9.92. The van der Waals surface area contributed by atoms with Gasteiger partial charge in [0, 0.05) is 57.0 Å². The van der Waals surface area contributed by atoms with Gasteiger partial charge in [-0.1, -0.05) is 152 Å². The zero-order valence-electron chi connectivity index (χ0n) is 32.1. The number of fused-ring (bicyclic) bond motifs is 9. The maximum atomic E-state index is 5.18. The predicted octanol–water partition coefficient (Wildman–Crippen LogP) is 15.7. The number of rotatable bonds is 5. The molecule has 3 heterocycles. The highest BCUT2D eigenvalue weighted by Crippen LogP contribution is 2.50. The second-order valence-electron chi connectivity index (χ2n) is 15.5. The monoisotopic (exact) mass is 797 g/mol. The maximum Gasteiger partial charge on any atom is 0.164 e. The van der Waals surface area contributed by atoms with Crippen molar-refractivity contribution in [1.29, 1.82) is 0 Å². The number of benzene rings is 9. The Kier molecular flexibility index (Phi) is 7.35. The summed E-state index contributed by atoms with van der Waals surface area (Å²) in [6.45, 7) is 0. The Morgan fingerprint density at radius 1 is 0.250 bits per heavy atom. The van der Waals surface area contributed by atoms with Crippen molar-refractivity contribution >= 4 is 73.8 Å². The molecule has 0 saturated heterocycles. The van der Waals surface area contributed by atoms with Gasteiger partial charge in [0.1, 0.15) is 0 Å². The van der Waals surface area contributed by atoms with Gasteiger partial charge in [-0.3, -0.25) is 0 Å². The van der Waals surface area contributed by atoms with E-state index in [1.807, 2.05) is 29.5 Å². The summed E-state index contributed by atoms with van der Waals surface area (Å²) in [5.74, 6) is 1.97. The molecule has 0 amide bonds. The van der Waals surface area contributed by atoms with Crippen LogP contribution in [0.3, 0.4) is 0 Å². The number of hydrogen-bond donors (Lipinski definition) is 0. The van der Waals surface area contributed by atoms with Gasteiger partial charge in [-0.25, -0.2) is 15.0 Å². The molecule has 60 heavy (non-hydrogen) atoms. The summed E-state index contributed by atoms with van der Waals surface area (Å²) in [6, 6.07) is 68.0. The van der Waals surface area contributed by atoms with Gasteiger partial charge >= 0.3 is 0 Å². The molecule has 0 saturated carbocycles. The first-order valence-electron chi connectivity index (χ1n) is 20.2. The number of thiophene rings is 2. The number of aromatic nitrogens is 3. The highest BCUT2D eigenvalue weighted by Gasteiger charge is 2.23. The summed E-state index contributed by atoms with van der Waals surface area (Å²) in [5.41, 5.74) is 13.0. The van der Waals surface area contributed by atoms with Crippen molar-refractivity contribution in [2.24, 2.45) is 0 Å². The fourth-order valence-electron chi connectivity index (χ4n) is 9.34. The fraction of sp³-hybridized carbons (Fsp3) is 0. The van der Waals surface area contributed by atoms with Crippen molar-refractivity contribution in [2.45, 2.75) is 0 Å². The van der Waals surface area contributed by atoms with Crippen LogP contribution in [-0.4, -0.2) is 15.0 Å². The molecule has 278 valence electrons. The second kappa shape index (κ2) is 13.1. The van der Waals surface area contributed by atoms with Gasteiger partial charge in [0.25, 0.3) is 0 Å². The van der Waals surface area contributed by atoms with Crippen molar-refractivity contribution < 1.29 is 0 Å². The van der Waals surface area contributed by atoms with Gasteiger partial charge in [0.2, 0.25) is 0 Å². The molecule has 3 nitrogen and oxygen atoms in total. The smallest absolute Gasteiger partial charge is 0.164 e. The van der Waals surface area contributed by atoms with E-state index in [2.05, 4.69) is 170 Å². The summed E-state index contributed by atoms with van der Waals surface area (Å²) >= 11 is 3.66. The Hall–Kier alpha value is -7.31. The van der Waals surface area contributed by atoms with Crippen LogP contribution in [0.15, 0.2) is 188 Å². The zero-order valence-corrected chi connectivity index (χ0v) is 33.7. The average Bonchev–Trinajstić information content (AvgIpc) is 3.99. The maximum absolute atomic E-state index is 5.18. The van der Waals surface area contributed by atoms with Crippen molar-refractivity contribution in [3.05, 3.63) is 188 Å². The lowest BCUT2D eigenvalue weighted by molar-refractivity contribution is 1.07. The van der Waals surface area contributed by atoms with Crippen molar-refractivity contribution in [2.75, 3.05) is 0 Å². The van der Waals surface area contributed by atoms with Crippen LogP contribution < -0.4 is 0 Å². The number of nitrogens with zero attached hydrogens (tertiary/aromatic N) is 3. The third-order valence-electron chi connectivity index (χ3n) is 12.1. The normalized spacial score (nSPS) is 12.0. The highest BCUT2D eigenvalue weighted by molar-refractivity contribution is 7.26. The largest absolute Gasteiger partial charge is 0.208 e. The SMILES string of the molecule is c1ccc(-c2nc(-c3cccc(-c4cccc5sc6ccc(-c7ccc8c9c(cccc79)-c7ccccc7-8)cc6c45)c3)nc(-c3ccc4c(c3)sc3ccccc34)n2)cc1. The first-order chi connectivity index (χ1) is 29.7. The van der Waals surface area contributed by atoms with Crippen LogP contribution >= 0.6 is 22.7 Å². The molecule has 0 bridgehead atoms. The van der Waals surface area contributed by atoms with Crippen LogP contribution in [-0.2, 0) is 0 Å². The minimum atomic E-state index is 0.649. The Bertz CT molecular complexity index is 3700. The predicted molar refractivity (Wildman–Crippen MR) is 255 cm³/mol. The molecule has 0 N–H and O–H groups in total. The van der Waals surface area contributed by atoms with Gasteiger partial charge < -0.3 is 0 Å². The summed E-state index contributed by atoms with van der Waals surface area (Å²) in [7, 11) is 0. The fourth-order valence-corrected chi connectivity index (χ4v) is 11.6. The van der Waals surface area contributed by atoms with Gasteiger partial charge in [-0.2, -0.15) is 0 Å². The van der Waals surface area contributed by atoms with Crippen molar-refractivity contribution in [3.8, 4) is 78.7 Å². The molecule has 13 rings (SSSR count). The summed E-state index contributed by atoms with van der Waals surface area (Å²) in [6.07, 6.45) is 0. The summed E-state index contributed by atoms with van der Waals surface area (Å²) in [4.78, 5) is 15.4. The third kappa shape index (κ3) is 5.16. The molecule has 0 atom stereocenters. The van der Waals surface area contributed by atoms with E-state index in [4.69, 9.17) is 15.0 Å². The Morgan fingerprint density at radius 3 is 1.65 bits per heavy atom. The average molecular weight is 798 g/mol. The lowest BCUT2D eigenvalue weighted by Gasteiger charge is -2.11. The third-order valence-corrected chi connectivity index (χ3v) is 14.4. The van der Waals surface area contributed by atoms with E-state index in [1.165, 1.54) is 90.1 Å². The van der Waals surface area contributed by atoms with Crippen LogP contribution in [0, 0.1) is 0 Å². The molecule has 0 radical (unpaired) electrons. The van der Waals surface area contributed by atoms with Crippen LogP contribution in [0.25, 0.3) is 130 Å². The molecule has 0 unspecified atom stereocenters. The molecule has 0 fully saturated rings. The molecule has 12 aromatic rings. The quantitative estimate of drug-likeness (QED) is 0.174. The lowest BCUT2D eigenvalue weighted by Crippen LogP contribution is -2.00. The minimum absolute atomic E-state index is 0.649. The van der Waals surface area contributed by atoms with Crippen LogP contribution in [0.2, 0.25) is 0 Å². The molecule has 0 aliphatic heterocycles. The first-order valence-corrected chi connectivity index (χ1v) is 21.8. The summed E-state index contributed by atoms with van der Waals surface area (Å²) in [5, 5.41) is 7.71. The van der Waals surface area contributed by atoms with E-state index in [0.29, 0.717) is 17.5 Å². The van der Waals surface area contributed by atoms with E-state index in [0.717, 1.165) is 22.3 Å². The molecular weight excluding hydrogens is 767 g/mol. The van der Waals surface area contributed by atoms with Gasteiger partial charge in [-0.15, -0.1) is 22.7 Å². The minimum Gasteiger partial charge on any atom is -0.208 e. The first kappa shape index (κ1) is 33.6. The molecule has 0 spiro atoms. The highest BCUT2D eigenvalue weighted by atomic mass is 32.1. The van der Waals surface area contributed by atoms with Crippen molar-refractivity contribution in [3.63, 3.8) is 0 Å². The Morgan fingerprint density at radius 2 is 0.783 bits per heavy atom. The zero-order chi connectivity index (χ0) is 39.3. The Balaban J connectivity index is 0.947. The molecule has 3 aromatic heterocycles. The Labute approximate surface area is 353 Å². The molecule has 9 aromatic carbocycles. The van der Waals surface area contributed by atoms with Gasteiger partial charge in [0.15, 0.2) is 17.5 Å². The van der Waals surface area contributed by atoms with E-state index in [9.17, 15) is 0 Å². The van der Waals surface area contributed by atoms with E-state index in [-0.39, 0.29) is 0 Å². The van der Waals surface area contributed by atoms with E-state index >= 15 is 0 Å². The van der Waals surface area contributed by atoms with Crippen LogP contribution in [0.4, 0.5) is 0 Å². The van der Waals surface area contributed by atoms with Crippen LogP contribution in [0.5, 0.6) is 0 Å².